The molecule has 0 aliphatic rings. The lowest BCUT2D eigenvalue weighted by atomic mass is 9.81. The second-order valence-electron chi connectivity index (χ2n) is 4.70. The largest absolute Gasteiger partial charge is 0.359 e. The topological polar surface area (TPSA) is 58.2 Å². The standard InChI is InChI=1S/C12H24N2O2/c1-8(2)11(6-12(16)13-5)9(3)7-14-10(4)15/h8-9,11H,6-7H2,1-5H3,(H,13,16)(H,14,15). The van der Waals surface area contributed by atoms with Gasteiger partial charge in [-0.3, -0.25) is 9.59 Å². The third-order valence-electron chi connectivity index (χ3n) is 2.96. The first kappa shape index (κ1) is 14.9. The highest BCUT2D eigenvalue weighted by molar-refractivity contribution is 5.75. The molecule has 0 rings (SSSR count). The molecule has 0 heterocycles. The zero-order valence-corrected chi connectivity index (χ0v) is 11.0. The predicted octanol–water partition coefficient (Wildman–Crippen LogP) is 1.17. The quantitative estimate of drug-likeness (QED) is 0.717. The van der Waals surface area contributed by atoms with Crippen LogP contribution in [0, 0.1) is 17.8 Å². The van der Waals surface area contributed by atoms with Crippen molar-refractivity contribution in [3.63, 3.8) is 0 Å². The zero-order chi connectivity index (χ0) is 12.7. The van der Waals surface area contributed by atoms with E-state index >= 15 is 0 Å². The van der Waals surface area contributed by atoms with E-state index in [1.165, 1.54) is 6.92 Å². The van der Waals surface area contributed by atoms with E-state index in [1.54, 1.807) is 7.05 Å². The number of carbonyl (C=O) groups is 2. The first-order chi connectivity index (χ1) is 7.38. The van der Waals surface area contributed by atoms with Crippen LogP contribution in [0.2, 0.25) is 0 Å². The van der Waals surface area contributed by atoms with E-state index in [9.17, 15) is 9.59 Å². The summed E-state index contributed by atoms with van der Waals surface area (Å²) >= 11 is 0. The van der Waals surface area contributed by atoms with Crippen molar-refractivity contribution in [2.45, 2.75) is 34.1 Å². The zero-order valence-electron chi connectivity index (χ0n) is 11.0. The molecule has 4 nitrogen and oxygen atoms in total. The van der Waals surface area contributed by atoms with Crippen molar-refractivity contribution in [3.8, 4) is 0 Å². The Morgan fingerprint density at radius 3 is 2.12 bits per heavy atom. The molecule has 0 saturated heterocycles. The van der Waals surface area contributed by atoms with Crippen molar-refractivity contribution < 1.29 is 9.59 Å². The summed E-state index contributed by atoms with van der Waals surface area (Å²) < 4.78 is 0. The van der Waals surface area contributed by atoms with Gasteiger partial charge in [-0.25, -0.2) is 0 Å². The Hall–Kier alpha value is -1.06. The Labute approximate surface area is 98.2 Å². The molecule has 0 aliphatic heterocycles. The van der Waals surface area contributed by atoms with E-state index in [4.69, 9.17) is 0 Å². The molecule has 2 unspecified atom stereocenters. The monoisotopic (exact) mass is 228 g/mol. The summed E-state index contributed by atoms with van der Waals surface area (Å²) in [6.45, 7) is 8.43. The van der Waals surface area contributed by atoms with Crippen molar-refractivity contribution in [2.75, 3.05) is 13.6 Å². The van der Waals surface area contributed by atoms with E-state index in [0.717, 1.165) is 0 Å². The summed E-state index contributed by atoms with van der Waals surface area (Å²) in [6.07, 6.45) is 0.523. The Bertz CT molecular complexity index is 239. The summed E-state index contributed by atoms with van der Waals surface area (Å²) in [7, 11) is 1.65. The number of hydrogen-bond acceptors (Lipinski definition) is 2. The Balaban J connectivity index is 4.29. The van der Waals surface area contributed by atoms with Gasteiger partial charge in [-0.05, 0) is 17.8 Å². The van der Waals surface area contributed by atoms with Gasteiger partial charge in [-0.15, -0.1) is 0 Å². The molecular formula is C12H24N2O2. The van der Waals surface area contributed by atoms with Crippen LogP contribution in [0.3, 0.4) is 0 Å². The second-order valence-corrected chi connectivity index (χ2v) is 4.70. The predicted molar refractivity (Wildman–Crippen MR) is 64.9 cm³/mol. The average molecular weight is 228 g/mol. The molecule has 0 aliphatic carbocycles. The van der Waals surface area contributed by atoms with Gasteiger partial charge in [0.15, 0.2) is 0 Å². The lowest BCUT2D eigenvalue weighted by Crippen LogP contribution is -2.34. The normalized spacial score (nSPS) is 14.4. The Morgan fingerprint density at radius 2 is 1.75 bits per heavy atom. The summed E-state index contributed by atoms with van der Waals surface area (Å²) in [6, 6.07) is 0. The van der Waals surface area contributed by atoms with Gasteiger partial charge in [0.2, 0.25) is 11.8 Å². The minimum atomic E-state index is -0.0192. The van der Waals surface area contributed by atoms with Crippen LogP contribution in [0.15, 0.2) is 0 Å². The molecule has 4 heteroatoms. The van der Waals surface area contributed by atoms with Crippen LogP contribution in [0.4, 0.5) is 0 Å². The smallest absolute Gasteiger partial charge is 0.220 e. The number of nitrogens with one attached hydrogen (secondary N) is 2. The SMILES string of the molecule is CNC(=O)CC(C(C)C)C(C)CNC(C)=O. The van der Waals surface area contributed by atoms with Crippen molar-refractivity contribution in [1.29, 1.82) is 0 Å². The molecule has 0 aromatic rings. The van der Waals surface area contributed by atoms with Gasteiger partial charge in [-0.1, -0.05) is 20.8 Å². The minimum absolute atomic E-state index is 0.0192. The van der Waals surface area contributed by atoms with Gasteiger partial charge in [0.25, 0.3) is 0 Å². The molecule has 0 fully saturated rings. The van der Waals surface area contributed by atoms with E-state index in [1.807, 2.05) is 0 Å². The van der Waals surface area contributed by atoms with Crippen LogP contribution >= 0.6 is 0 Å². The van der Waals surface area contributed by atoms with E-state index in [2.05, 4.69) is 31.4 Å². The fourth-order valence-electron chi connectivity index (χ4n) is 1.87. The molecule has 0 saturated carbocycles. The van der Waals surface area contributed by atoms with Crippen LogP contribution in [0.5, 0.6) is 0 Å². The fourth-order valence-corrected chi connectivity index (χ4v) is 1.87. The first-order valence-electron chi connectivity index (χ1n) is 5.83. The molecule has 0 bridgehead atoms. The third-order valence-corrected chi connectivity index (χ3v) is 2.96. The molecule has 2 atom stereocenters. The highest BCUT2D eigenvalue weighted by Gasteiger charge is 2.23. The van der Waals surface area contributed by atoms with Crippen molar-refractivity contribution in [2.24, 2.45) is 17.8 Å². The number of carbonyl (C=O) groups excluding carboxylic acids is 2. The minimum Gasteiger partial charge on any atom is -0.359 e. The number of hydrogen-bond donors (Lipinski definition) is 2. The van der Waals surface area contributed by atoms with Crippen molar-refractivity contribution in [3.05, 3.63) is 0 Å². The molecule has 0 aromatic heterocycles. The second kappa shape index (κ2) is 7.25. The molecule has 16 heavy (non-hydrogen) atoms. The molecular weight excluding hydrogens is 204 g/mol. The lowest BCUT2D eigenvalue weighted by Gasteiger charge is -2.27. The van der Waals surface area contributed by atoms with E-state index in [0.29, 0.717) is 30.7 Å². The summed E-state index contributed by atoms with van der Waals surface area (Å²) in [5.74, 6) is 1.08. The maximum atomic E-state index is 11.4. The van der Waals surface area contributed by atoms with Crippen LogP contribution in [-0.2, 0) is 9.59 Å². The van der Waals surface area contributed by atoms with Gasteiger partial charge < -0.3 is 10.6 Å². The molecule has 0 aromatic carbocycles. The summed E-state index contributed by atoms with van der Waals surface area (Å²) in [4.78, 5) is 22.2. The van der Waals surface area contributed by atoms with Gasteiger partial charge in [0, 0.05) is 26.9 Å². The first-order valence-corrected chi connectivity index (χ1v) is 5.83. The number of rotatable bonds is 6. The number of amides is 2. The summed E-state index contributed by atoms with van der Waals surface area (Å²) in [5.41, 5.74) is 0. The highest BCUT2D eigenvalue weighted by atomic mass is 16.2. The molecule has 0 spiro atoms. The molecule has 94 valence electrons. The van der Waals surface area contributed by atoms with Crippen molar-refractivity contribution in [1.82, 2.24) is 10.6 Å². The summed E-state index contributed by atoms with van der Waals surface area (Å²) in [5, 5.41) is 5.45. The van der Waals surface area contributed by atoms with Crippen LogP contribution < -0.4 is 10.6 Å². The average Bonchev–Trinajstić information content (AvgIpc) is 2.21. The maximum absolute atomic E-state index is 11.4. The molecule has 0 radical (unpaired) electrons. The molecule has 2 N–H and O–H groups in total. The van der Waals surface area contributed by atoms with Crippen LogP contribution in [-0.4, -0.2) is 25.4 Å². The maximum Gasteiger partial charge on any atom is 0.220 e. The fraction of sp³-hybridized carbons (Fsp3) is 0.833. The Morgan fingerprint density at radius 1 is 1.19 bits per heavy atom. The van der Waals surface area contributed by atoms with Gasteiger partial charge in [-0.2, -0.15) is 0 Å². The highest BCUT2D eigenvalue weighted by Crippen LogP contribution is 2.23. The van der Waals surface area contributed by atoms with Crippen LogP contribution in [0.1, 0.15) is 34.1 Å². The third kappa shape index (κ3) is 5.73. The van der Waals surface area contributed by atoms with Gasteiger partial charge in [0.05, 0.1) is 0 Å². The van der Waals surface area contributed by atoms with Gasteiger partial charge >= 0.3 is 0 Å². The lowest BCUT2D eigenvalue weighted by molar-refractivity contribution is -0.122. The Kier molecular flexibility index (Phi) is 6.77. The van der Waals surface area contributed by atoms with E-state index < -0.39 is 0 Å². The van der Waals surface area contributed by atoms with Crippen LogP contribution in [0.25, 0.3) is 0 Å². The molecule has 2 amide bonds. The van der Waals surface area contributed by atoms with E-state index in [-0.39, 0.29) is 11.8 Å². The van der Waals surface area contributed by atoms with Gasteiger partial charge in [0.1, 0.15) is 0 Å². The van der Waals surface area contributed by atoms with Crippen molar-refractivity contribution >= 4 is 11.8 Å².